The molecule has 0 fully saturated rings. The van der Waals surface area contributed by atoms with Crippen LogP contribution in [0.2, 0.25) is 0 Å². The molecule has 0 spiro atoms. The van der Waals surface area contributed by atoms with Gasteiger partial charge in [0.1, 0.15) is 0 Å². The Labute approximate surface area is 322 Å². The largest absolute Gasteiger partial charge is 0.309 e. The van der Waals surface area contributed by atoms with Crippen molar-refractivity contribution in [3.05, 3.63) is 194 Å². The molecule has 0 radical (unpaired) electrons. The van der Waals surface area contributed by atoms with Crippen LogP contribution in [0.25, 0.3) is 100 Å². The van der Waals surface area contributed by atoms with Gasteiger partial charge in [-0.2, -0.15) is 9.97 Å². The Hall–Kier alpha value is -7.70. The SMILES string of the molecule is c1ccc(-c2nc(-c3ccc(-n4c5ccccc5c5ccccc54)c(-c4ccncc4)c3)nc(-n3c4ccccc4c4cccc(-c5ccccc5)c43)n2)cc1. The average molecular weight is 717 g/mol. The molecule has 262 valence electrons. The quantitative estimate of drug-likeness (QED) is 0.172. The molecular weight excluding hydrogens is 685 g/mol. The van der Waals surface area contributed by atoms with Crippen LogP contribution in [0.4, 0.5) is 0 Å². The van der Waals surface area contributed by atoms with Crippen molar-refractivity contribution >= 4 is 43.6 Å². The van der Waals surface area contributed by atoms with Gasteiger partial charge >= 0.3 is 0 Å². The molecule has 0 saturated carbocycles. The molecular formula is C50H32N6. The summed E-state index contributed by atoms with van der Waals surface area (Å²) < 4.78 is 4.57. The van der Waals surface area contributed by atoms with E-state index in [1.165, 1.54) is 10.8 Å². The summed E-state index contributed by atoms with van der Waals surface area (Å²) in [5.74, 6) is 1.74. The number of aromatic nitrogens is 6. The van der Waals surface area contributed by atoms with Crippen LogP contribution in [-0.2, 0) is 0 Å². The number of rotatable bonds is 6. The van der Waals surface area contributed by atoms with Gasteiger partial charge in [-0.25, -0.2) is 4.98 Å². The molecule has 0 unspecified atom stereocenters. The highest BCUT2D eigenvalue weighted by atomic mass is 15.2. The van der Waals surface area contributed by atoms with Gasteiger partial charge in [0, 0.05) is 56.2 Å². The first kappa shape index (κ1) is 31.8. The molecule has 4 aromatic heterocycles. The summed E-state index contributed by atoms with van der Waals surface area (Å²) in [5, 5.41) is 4.70. The summed E-state index contributed by atoms with van der Waals surface area (Å²) in [6.45, 7) is 0. The van der Waals surface area contributed by atoms with E-state index < -0.39 is 0 Å². The Balaban J connectivity index is 1.20. The van der Waals surface area contributed by atoms with E-state index in [2.05, 4.69) is 178 Å². The van der Waals surface area contributed by atoms with Crippen molar-refractivity contribution in [2.75, 3.05) is 0 Å². The van der Waals surface area contributed by atoms with Crippen LogP contribution in [0.15, 0.2) is 194 Å². The maximum absolute atomic E-state index is 5.36. The summed E-state index contributed by atoms with van der Waals surface area (Å²) >= 11 is 0. The summed E-state index contributed by atoms with van der Waals surface area (Å²) in [5.41, 5.74) is 11.6. The van der Waals surface area contributed by atoms with Gasteiger partial charge in [0.25, 0.3) is 0 Å². The molecule has 0 aliphatic carbocycles. The lowest BCUT2D eigenvalue weighted by Crippen LogP contribution is -2.07. The van der Waals surface area contributed by atoms with E-state index in [9.17, 15) is 0 Å². The first-order valence-electron chi connectivity index (χ1n) is 18.7. The summed E-state index contributed by atoms with van der Waals surface area (Å²) in [6, 6.07) is 63.6. The third-order valence-corrected chi connectivity index (χ3v) is 10.7. The van der Waals surface area contributed by atoms with Crippen LogP contribution >= 0.6 is 0 Å². The molecule has 0 saturated heterocycles. The number of nitrogens with zero attached hydrogens (tertiary/aromatic N) is 6. The van der Waals surface area contributed by atoms with Gasteiger partial charge in [-0.15, -0.1) is 0 Å². The standard InChI is InChI=1S/C50H32N6/c1-3-14-33(15-4-1)37-21-13-22-41-40-20-9-12-25-45(40)56(47(37)41)50-53-48(35-16-5-2-6-17-35)52-49(54-50)36-26-27-46(42(32-36)34-28-30-51-31-29-34)55-43-23-10-7-18-38(43)39-19-8-11-24-44(39)55/h1-32H. The van der Waals surface area contributed by atoms with E-state index in [1.54, 1.807) is 0 Å². The lowest BCUT2D eigenvalue weighted by Gasteiger charge is -2.16. The van der Waals surface area contributed by atoms with Gasteiger partial charge in [0.2, 0.25) is 5.95 Å². The molecule has 56 heavy (non-hydrogen) atoms. The van der Waals surface area contributed by atoms with E-state index in [0.717, 1.165) is 71.9 Å². The zero-order valence-corrected chi connectivity index (χ0v) is 30.2. The highest BCUT2D eigenvalue weighted by Gasteiger charge is 2.22. The molecule has 7 aromatic carbocycles. The normalized spacial score (nSPS) is 11.6. The number of para-hydroxylation sites is 4. The van der Waals surface area contributed by atoms with Crippen molar-refractivity contribution in [2.24, 2.45) is 0 Å². The topological polar surface area (TPSA) is 61.4 Å². The smallest absolute Gasteiger partial charge is 0.238 e. The van der Waals surface area contributed by atoms with E-state index >= 15 is 0 Å². The minimum absolute atomic E-state index is 0.556. The fourth-order valence-electron chi connectivity index (χ4n) is 8.20. The maximum atomic E-state index is 5.36. The number of fused-ring (bicyclic) bond motifs is 6. The fraction of sp³-hybridized carbons (Fsp3) is 0. The second-order valence-electron chi connectivity index (χ2n) is 13.9. The number of benzene rings is 7. The zero-order valence-electron chi connectivity index (χ0n) is 30.2. The minimum Gasteiger partial charge on any atom is -0.309 e. The third-order valence-electron chi connectivity index (χ3n) is 10.7. The summed E-state index contributed by atoms with van der Waals surface area (Å²) in [4.78, 5) is 20.2. The first-order valence-corrected chi connectivity index (χ1v) is 18.7. The Kier molecular flexibility index (Phi) is 7.38. The van der Waals surface area contributed by atoms with Crippen molar-refractivity contribution in [3.8, 4) is 56.7 Å². The lowest BCUT2D eigenvalue weighted by atomic mass is 10.0. The highest BCUT2D eigenvalue weighted by Crippen LogP contribution is 2.40. The highest BCUT2D eigenvalue weighted by molar-refractivity contribution is 6.14. The van der Waals surface area contributed by atoms with Crippen molar-refractivity contribution in [3.63, 3.8) is 0 Å². The predicted octanol–water partition coefficient (Wildman–Crippen LogP) is 12.1. The Morgan fingerprint density at radius 2 is 0.857 bits per heavy atom. The van der Waals surface area contributed by atoms with E-state index in [4.69, 9.17) is 15.0 Å². The monoisotopic (exact) mass is 716 g/mol. The van der Waals surface area contributed by atoms with E-state index in [1.807, 2.05) is 30.6 Å². The van der Waals surface area contributed by atoms with Crippen LogP contribution in [0.5, 0.6) is 0 Å². The Bertz CT molecular complexity index is 3190. The van der Waals surface area contributed by atoms with Gasteiger partial charge in [-0.1, -0.05) is 133 Å². The van der Waals surface area contributed by atoms with Crippen molar-refractivity contribution < 1.29 is 0 Å². The van der Waals surface area contributed by atoms with E-state index in [-0.39, 0.29) is 0 Å². The van der Waals surface area contributed by atoms with Crippen molar-refractivity contribution in [2.45, 2.75) is 0 Å². The number of hydrogen-bond donors (Lipinski definition) is 0. The van der Waals surface area contributed by atoms with Crippen LogP contribution in [0.1, 0.15) is 0 Å². The molecule has 6 nitrogen and oxygen atoms in total. The zero-order chi connectivity index (χ0) is 37.0. The molecule has 0 amide bonds. The number of pyridine rings is 1. The van der Waals surface area contributed by atoms with Gasteiger partial charge in [-0.05, 0) is 59.7 Å². The van der Waals surface area contributed by atoms with Gasteiger partial charge in [-0.3, -0.25) is 9.55 Å². The third kappa shape index (κ3) is 5.11. The van der Waals surface area contributed by atoms with Crippen molar-refractivity contribution in [1.82, 2.24) is 29.1 Å². The van der Waals surface area contributed by atoms with E-state index in [0.29, 0.717) is 17.6 Å². The predicted molar refractivity (Wildman–Crippen MR) is 228 cm³/mol. The molecule has 0 aliphatic rings. The molecule has 6 heteroatoms. The molecule has 0 bridgehead atoms. The van der Waals surface area contributed by atoms with Crippen LogP contribution in [0, 0.1) is 0 Å². The van der Waals surface area contributed by atoms with Crippen LogP contribution < -0.4 is 0 Å². The van der Waals surface area contributed by atoms with Gasteiger partial charge in [0.05, 0.1) is 27.8 Å². The summed E-state index contributed by atoms with van der Waals surface area (Å²) in [6.07, 6.45) is 3.69. The second-order valence-corrected chi connectivity index (χ2v) is 13.9. The van der Waals surface area contributed by atoms with Crippen LogP contribution in [-0.4, -0.2) is 29.1 Å². The first-order chi connectivity index (χ1) is 27.8. The molecule has 0 atom stereocenters. The maximum Gasteiger partial charge on any atom is 0.238 e. The number of hydrogen-bond acceptors (Lipinski definition) is 4. The molecule has 0 N–H and O–H groups in total. The minimum atomic E-state index is 0.556. The summed E-state index contributed by atoms with van der Waals surface area (Å²) in [7, 11) is 0. The van der Waals surface area contributed by atoms with Crippen LogP contribution in [0.3, 0.4) is 0 Å². The van der Waals surface area contributed by atoms with Crippen molar-refractivity contribution in [1.29, 1.82) is 0 Å². The van der Waals surface area contributed by atoms with Gasteiger partial charge in [0.15, 0.2) is 11.6 Å². The fourth-order valence-corrected chi connectivity index (χ4v) is 8.20. The molecule has 0 aliphatic heterocycles. The Morgan fingerprint density at radius 1 is 0.339 bits per heavy atom. The molecule has 4 heterocycles. The molecule has 11 rings (SSSR count). The Morgan fingerprint density at radius 3 is 1.52 bits per heavy atom. The average Bonchev–Trinajstić information content (AvgIpc) is 3.80. The molecule has 11 aromatic rings. The van der Waals surface area contributed by atoms with Gasteiger partial charge < -0.3 is 4.57 Å². The lowest BCUT2D eigenvalue weighted by molar-refractivity contribution is 0.953. The second kappa shape index (κ2) is 13.0.